The van der Waals surface area contributed by atoms with Crippen molar-refractivity contribution in [1.82, 2.24) is 10.2 Å². The highest BCUT2D eigenvalue weighted by Gasteiger charge is 2.38. The molecular weight excluding hydrogens is 216 g/mol. The molecule has 0 bridgehead atoms. The van der Waals surface area contributed by atoms with Crippen LogP contribution in [0.2, 0.25) is 0 Å². The molecule has 7 nitrogen and oxygen atoms in total. The quantitative estimate of drug-likeness (QED) is 0.676. The standard InChI is InChI=1S/C9H14N2O5/c1-5-3-6(10-9(15)16-2)8(14)11(5)4-7(12)13/h5-6H,3-4H2,1-2H3,(H,10,15)(H,12,13)/t5-,6+/m1/s1. The first-order valence-corrected chi connectivity index (χ1v) is 4.82. The summed E-state index contributed by atoms with van der Waals surface area (Å²) in [4.78, 5) is 34.4. The Bertz CT molecular complexity index is 317. The molecule has 1 aliphatic heterocycles. The van der Waals surface area contributed by atoms with Crippen LogP contribution in [0.3, 0.4) is 0 Å². The largest absolute Gasteiger partial charge is 0.480 e. The van der Waals surface area contributed by atoms with Gasteiger partial charge in [-0.15, -0.1) is 0 Å². The molecule has 7 heteroatoms. The second-order valence-corrected chi connectivity index (χ2v) is 3.63. The summed E-state index contributed by atoms with van der Waals surface area (Å²) in [5.41, 5.74) is 0. The zero-order valence-electron chi connectivity index (χ0n) is 9.10. The highest BCUT2D eigenvalue weighted by Crippen LogP contribution is 2.18. The molecule has 16 heavy (non-hydrogen) atoms. The number of likely N-dealkylation sites (tertiary alicyclic amines) is 1. The van der Waals surface area contributed by atoms with Gasteiger partial charge >= 0.3 is 12.1 Å². The first kappa shape index (κ1) is 12.3. The molecule has 1 fully saturated rings. The van der Waals surface area contributed by atoms with Crippen molar-refractivity contribution in [2.45, 2.75) is 25.4 Å². The van der Waals surface area contributed by atoms with E-state index in [9.17, 15) is 14.4 Å². The maximum Gasteiger partial charge on any atom is 0.407 e. The van der Waals surface area contributed by atoms with E-state index in [2.05, 4.69) is 10.1 Å². The average Bonchev–Trinajstić information content (AvgIpc) is 2.45. The van der Waals surface area contributed by atoms with Crippen molar-refractivity contribution in [2.24, 2.45) is 0 Å². The van der Waals surface area contributed by atoms with E-state index in [1.807, 2.05) is 0 Å². The number of carboxylic acids is 1. The Morgan fingerprint density at radius 2 is 2.25 bits per heavy atom. The Morgan fingerprint density at radius 3 is 2.75 bits per heavy atom. The molecule has 0 aromatic heterocycles. The second kappa shape index (κ2) is 4.82. The van der Waals surface area contributed by atoms with Gasteiger partial charge in [0.25, 0.3) is 0 Å². The summed E-state index contributed by atoms with van der Waals surface area (Å²) < 4.78 is 4.37. The third-order valence-electron chi connectivity index (χ3n) is 2.47. The number of aliphatic carboxylic acids is 1. The van der Waals surface area contributed by atoms with Crippen LogP contribution in [0.1, 0.15) is 13.3 Å². The van der Waals surface area contributed by atoms with E-state index in [-0.39, 0.29) is 18.5 Å². The van der Waals surface area contributed by atoms with Crippen molar-refractivity contribution in [3.8, 4) is 0 Å². The molecule has 1 saturated heterocycles. The third kappa shape index (κ3) is 2.62. The molecule has 2 atom stereocenters. The smallest absolute Gasteiger partial charge is 0.407 e. The minimum Gasteiger partial charge on any atom is -0.480 e. The van der Waals surface area contributed by atoms with Crippen molar-refractivity contribution in [3.05, 3.63) is 0 Å². The van der Waals surface area contributed by atoms with Crippen LogP contribution in [-0.2, 0) is 14.3 Å². The molecule has 2 N–H and O–H groups in total. The summed E-state index contributed by atoms with van der Waals surface area (Å²) in [5, 5.41) is 11.0. The van der Waals surface area contributed by atoms with Crippen LogP contribution in [0, 0.1) is 0 Å². The topological polar surface area (TPSA) is 95.9 Å². The molecule has 0 unspecified atom stereocenters. The van der Waals surface area contributed by atoms with Gasteiger partial charge in [-0.05, 0) is 13.3 Å². The number of carbonyl (C=O) groups excluding carboxylic acids is 2. The fourth-order valence-electron chi connectivity index (χ4n) is 1.69. The Hall–Kier alpha value is -1.79. The lowest BCUT2D eigenvalue weighted by molar-refractivity contribution is -0.144. The van der Waals surface area contributed by atoms with E-state index in [0.717, 1.165) is 0 Å². The SMILES string of the molecule is COC(=O)N[C@H]1C[C@@H](C)N(CC(=O)O)C1=O. The van der Waals surface area contributed by atoms with Crippen LogP contribution in [0.25, 0.3) is 0 Å². The van der Waals surface area contributed by atoms with Gasteiger partial charge in [-0.2, -0.15) is 0 Å². The van der Waals surface area contributed by atoms with Gasteiger partial charge in [0.15, 0.2) is 0 Å². The zero-order valence-corrected chi connectivity index (χ0v) is 9.10. The number of hydrogen-bond donors (Lipinski definition) is 2. The van der Waals surface area contributed by atoms with Gasteiger partial charge in [-0.3, -0.25) is 9.59 Å². The number of rotatable bonds is 3. The van der Waals surface area contributed by atoms with E-state index >= 15 is 0 Å². The molecule has 0 aromatic rings. The maximum absolute atomic E-state index is 11.7. The van der Waals surface area contributed by atoms with Gasteiger partial charge in [0, 0.05) is 6.04 Å². The second-order valence-electron chi connectivity index (χ2n) is 3.63. The number of hydrogen-bond acceptors (Lipinski definition) is 4. The fourth-order valence-corrected chi connectivity index (χ4v) is 1.69. The van der Waals surface area contributed by atoms with Crippen molar-refractivity contribution >= 4 is 18.0 Å². The van der Waals surface area contributed by atoms with Crippen molar-refractivity contribution in [2.75, 3.05) is 13.7 Å². The summed E-state index contributed by atoms with van der Waals surface area (Å²) in [6, 6.07) is -0.896. The van der Waals surface area contributed by atoms with Crippen LogP contribution in [-0.4, -0.2) is 53.7 Å². The molecule has 1 heterocycles. The van der Waals surface area contributed by atoms with Crippen LogP contribution in [0.4, 0.5) is 4.79 Å². The molecule has 0 aromatic carbocycles. The minimum absolute atomic E-state index is 0.203. The lowest BCUT2D eigenvalue weighted by Crippen LogP contribution is -2.43. The summed E-state index contributed by atoms with van der Waals surface area (Å²) in [7, 11) is 1.20. The molecule has 0 saturated carbocycles. The minimum atomic E-state index is -1.07. The number of methoxy groups -OCH3 is 1. The van der Waals surface area contributed by atoms with Crippen LogP contribution in [0.5, 0.6) is 0 Å². The third-order valence-corrected chi connectivity index (χ3v) is 2.47. The number of ether oxygens (including phenoxy) is 1. The fraction of sp³-hybridized carbons (Fsp3) is 0.667. The van der Waals surface area contributed by atoms with Crippen LogP contribution < -0.4 is 5.32 Å². The van der Waals surface area contributed by atoms with Crippen molar-refractivity contribution in [1.29, 1.82) is 0 Å². The number of carbonyl (C=O) groups is 3. The Kier molecular flexibility index (Phi) is 3.70. The molecule has 2 amide bonds. The first-order chi connectivity index (χ1) is 7.45. The monoisotopic (exact) mass is 230 g/mol. The van der Waals surface area contributed by atoms with Crippen LogP contribution >= 0.6 is 0 Å². The average molecular weight is 230 g/mol. The summed E-state index contributed by atoms with van der Waals surface area (Å²) in [5.74, 6) is -1.46. The van der Waals surface area contributed by atoms with E-state index in [4.69, 9.17) is 5.11 Å². The van der Waals surface area contributed by atoms with E-state index in [0.29, 0.717) is 6.42 Å². The van der Waals surface area contributed by atoms with Crippen LogP contribution in [0.15, 0.2) is 0 Å². The number of amides is 2. The Labute approximate surface area is 92.4 Å². The molecule has 1 rings (SSSR count). The van der Waals surface area contributed by atoms with Crippen molar-refractivity contribution < 1.29 is 24.2 Å². The van der Waals surface area contributed by atoms with Crippen molar-refractivity contribution in [3.63, 3.8) is 0 Å². The van der Waals surface area contributed by atoms with Gasteiger partial charge in [0.1, 0.15) is 12.6 Å². The first-order valence-electron chi connectivity index (χ1n) is 4.82. The highest BCUT2D eigenvalue weighted by molar-refractivity contribution is 5.90. The maximum atomic E-state index is 11.7. The number of carboxylic acid groups (broad SMARTS) is 1. The molecule has 1 aliphatic rings. The van der Waals surface area contributed by atoms with Gasteiger partial charge in [0.05, 0.1) is 7.11 Å². The predicted octanol–water partition coefficient (Wildman–Crippen LogP) is -0.584. The summed E-state index contributed by atoms with van der Waals surface area (Å²) in [6.45, 7) is 1.39. The number of nitrogens with zero attached hydrogens (tertiary/aromatic N) is 1. The van der Waals surface area contributed by atoms with Gasteiger partial charge < -0.3 is 20.1 Å². The van der Waals surface area contributed by atoms with E-state index in [1.165, 1.54) is 12.0 Å². The van der Waals surface area contributed by atoms with Gasteiger partial charge in [-0.25, -0.2) is 4.79 Å². The molecule has 0 aliphatic carbocycles. The van der Waals surface area contributed by atoms with Gasteiger partial charge in [-0.1, -0.05) is 0 Å². The zero-order chi connectivity index (χ0) is 12.3. The lowest BCUT2D eigenvalue weighted by atomic mass is 10.2. The highest BCUT2D eigenvalue weighted by atomic mass is 16.5. The van der Waals surface area contributed by atoms with E-state index < -0.39 is 18.1 Å². The summed E-state index contributed by atoms with van der Waals surface area (Å²) >= 11 is 0. The molecule has 90 valence electrons. The normalized spacial score (nSPS) is 24.4. The molecular formula is C9H14N2O5. The lowest BCUT2D eigenvalue weighted by Gasteiger charge is -2.18. The van der Waals surface area contributed by atoms with Gasteiger partial charge in [0.2, 0.25) is 5.91 Å². The number of nitrogens with one attached hydrogen (secondary N) is 1. The number of alkyl carbamates (subject to hydrolysis) is 1. The van der Waals surface area contributed by atoms with E-state index in [1.54, 1.807) is 6.92 Å². The summed E-state index contributed by atoms with van der Waals surface area (Å²) in [6.07, 6.45) is -0.302. The Balaban J connectivity index is 2.63. The Morgan fingerprint density at radius 1 is 1.62 bits per heavy atom. The molecule has 0 radical (unpaired) electrons. The predicted molar refractivity (Wildman–Crippen MR) is 52.8 cm³/mol. The molecule has 0 spiro atoms.